The Bertz CT molecular complexity index is 360. The van der Waals surface area contributed by atoms with Gasteiger partial charge in [0.2, 0.25) is 5.91 Å². The zero-order valence-corrected chi connectivity index (χ0v) is 13.3. The van der Waals surface area contributed by atoms with Gasteiger partial charge in [-0.3, -0.25) is 9.69 Å². The summed E-state index contributed by atoms with van der Waals surface area (Å²) in [6.07, 6.45) is 2.53. The van der Waals surface area contributed by atoms with E-state index in [1.165, 1.54) is 25.9 Å². The molecule has 114 valence electrons. The number of rotatable bonds is 3. The third kappa shape index (κ3) is 2.73. The highest BCUT2D eigenvalue weighted by molar-refractivity contribution is 5.79. The monoisotopic (exact) mass is 279 g/mol. The van der Waals surface area contributed by atoms with Crippen LogP contribution in [0.2, 0.25) is 0 Å². The van der Waals surface area contributed by atoms with Crippen molar-refractivity contribution in [3.63, 3.8) is 0 Å². The molecule has 0 saturated carbocycles. The van der Waals surface area contributed by atoms with E-state index >= 15 is 0 Å². The molecule has 0 unspecified atom stereocenters. The second kappa shape index (κ2) is 5.30. The Morgan fingerprint density at radius 2 is 1.75 bits per heavy atom. The Morgan fingerprint density at radius 3 is 2.25 bits per heavy atom. The highest BCUT2D eigenvalue weighted by Gasteiger charge is 2.51. The van der Waals surface area contributed by atoms with Crippen LogP contribution in [0.3, 0.4) is 0 Å². The van der Waals surface area contributed by atoms with E-state index in [0.29, 0.717) is 17.9 Å². The number of amides is 1. The van der Waals surface area contributed by atoms with Gasteiger partial charge in [-0.15, -0.1) is 0 Å². The lowest BCUT2D eigenvalue weighted by atomic mass is 9.73. The molecule has 3 heterocycles. The van der Waals surface area contributed by atoms with E-state index in [0.717, 1.165) is 38.0 Å². The largest absolute Gasteiger partial charge is 0.340 e. The summed E-state index contributed by atoms with van der Waals surface area (Å²) in [4.78, 5) is 19.1. The highest BCUT2D eigenvalue weighted by atomic mass is 16.2. The van der Waals surface area contributed by atoms with Gasteiger partial charge in [-0.05, 0) is 44.8 Å². The van der Waals surface area contributed by atoms with Gasteiger partial charge in [-0.1, -0.05) is 13.8 Å². The standard InChI is InChI=1S/C16H29N3O/c1-13(2)14-4-6-18(7-5-14)8-15(20)19-11-16(12-19)9-17(3)10-16/h13-14H,4-12H2,1-3H3. The van der Waals surface area contributed by atoms with Crippen molar-refractivity contribution in [2.75, 3.05) is 52.9 Å². The summed E-state index contributed by atoms with van der Waals surface area (Å²) in [6.45, 7) is 11.9. The Labute approximate surface area is 123 Å². The van der Waals surface area contributed by atoms with Gasteiger partial charge in [0.1, 0.15) is 0 Å². The molecule has 1 amide bonds. The quantitative estimate of drug-likeness (QED) is 0.775. The fourth-order valence-electron chi connectivity index (χ4n) is 4.31. The average molecular weight is 279 g/mol. The molecular weight excluding hydrogens is 250 g/mol. The van der Waals surface area contributed by atoms with Crippen LogP contribution in [0.25, 0.3) is 0 Å². The van der Waals surface area contributed by atoms with Gasteiger partial charge >= 0.3 is 0 Å². The van der Waals surface area contributed by atoms with Crippen molar-refractivity contribution in [3.05, 3.63) is 0 Å². The molecule has 0 atom stereocenters. The first-order valence-electron chi connectivity index (χ1n) is 8.16. The second-order valence-electron chi connectivity index (χ2n) is 7.78. The summed E-state index contributed by atoms with van der Waals surface area (Å²) in [5.74, 6) is 2.01. The zero-order chi connectivity index (χ0) is 14.3. The minimum atomic E-state index is 0.355. The predicted octanol–water partition coefficient (Wildman–Crippen LogP) is 1.13. The van der Waals surface area contributed by atoms with Gasteiger partial charge in [0.25, 0.3) is 0 Å². The van der Waals surface area contributed by atoms with Crippen LogP contribution in [0.5, 0.6) is 0 Å². The van der Waals surface area contributed by atoms with Gasteiger partial charge < -0.3 is 9.80 Å². The fraction of sp³-hybridized carbons (Fsp3) is 0.938. The number of hydrogen-bond donors (Lipinski definition) is 0. The van der Waals surface area contributed by atoms with E-state index in [2.05, 4.69) is 35.6 Å². The summed E-state index contributed by atoms with van der Waals surface area (Å²) in [5, 5.41) is 0. The van der Waals surface area contributed by atoms with Crippen molar-refractivity contribution in [1.82, 2.24) is 14.7 Å². The van der Waals surface area contributed by atoms with Gasteiger partial charge in [0, 0.05) is 31.6 Å². The van der Waals surface area contributed by atoms with Crippen LogP contribution < -0.4 is 0 Å². The molecule has 0 radical (unpaired) electrons. The lowest BCUT2D eigenvalue weighted by molar-refractivity contribution is -0.158. The molecule has 0 bridgehead atoms. The molecule has 3 rings (SSSR count). The molecule has 0 aromatic carbocycles. The molecule has 0 aromatic heterocycles. The van der Waals surface area contributed by atoms with Crippen molar-refractivity contribution in [1.29, 1.82) is 0 Å². The molecule has 0 N–H and O–H groups in total. The summed E-state index contributed by atoms with van der Waals surface area (Å²) in [7, 11) is 2.16. The van der Waals surface area contributed by atoms with Crippen LogP contribution in [0.15, 0.2) is 0 Å². The molecule has 4 nitrogen and oxygen atoms in total. The van der Waals surface area contributed by atoms with Gasteiger partial charge in [0.15, 0.2) is 0 Å². The fourth-order valence-corrected chi connectivity index (χ4v) is 4.31. The maximum absolute atomic E-state index is 12.3. The number of likely N-dealkylation sites (tertiary alicyclic amines) is 3. The SMILES string of the molecule is CC(C)C1CCN(CC(=O)N2CC3(CN(C)C3)C2)CC1. The highest BCUT2D eigenvalue weighted by Crippen LogP contribution is 2.38. The second-order valence-corrected chi connectivity index (χ2v) is 7.78. The molecule has 4 heteroatoms. The van der Waals surface area contributed by atoms with Gasteiger partial charge in [-0.2, -0.15) is 0 Å². The first-order chi connectivity index (χ1) is 9.47. The van der Waals surface area contributed by atoms with Crippen LogP contribution in [-0.4, -0.2) is 73.5 Å². The molecule has 1 spiro atoms. The number of piperidine rings is 1. The minimum Gasteiger partial charge on any atom is -0.340 e. The van der Waals surface area contributed by atoms with E-state index in [4.69, 9.17) is 0 Å². The van der Waals surface area contributed by atoms with E-state index < -0.39 is 0 Å². The van der Waals surface area contributed by atoms with Crippen LogP contribution in [0, 0.1) is 17.3 Å². The Hall–Kier alpha value is -0.610. The Kier molecular flexibility index (Phi) is 3.80. The van der Waals surface area contributed by atoms with Crippen LogP contribution in [0.1, 0.15) is 26.7 Å². The normalized spacial score (nSPS) is 27.7. The smallest absolute Gasteiger partial charge is 0.236 e. The summed E-state index contributed by atoms with van der Waals surface area (Å²) in [6, 6.07) is 0. The van der Waals surface area contributed by atoms with E-state index in [1.807, 2.05) is 0 Å². The first kappa shape index (κ1) is 14.3. The molecule has 0 aliphatic carbocycles. The topological polar surface area (TPSA) is 26.8 Å². The number of carbonyl (C=O) groups excluding carboxylic acids is 1. The van der Waals surface area contributed by atoms with Gasteiger partial charge in [-0.25, -0.2) is 0 Å². The van der Waals surface area contributed by atoms with Gasteiger partial charge in [0.05, 0.1) is 6.54 Å². The first-order valence-corrected chi connectivity index (χ1v) is 8.16. The molecule has 0 aromatic rings. The lowest BCUT2D eigenvalue weighted by Crippen LogP contribution is -2.72. The van der Waals surface area contributed by atoms with E-state index in [9.17, 15) is 4.79 Å². The van der Waals surface area contributed by atoms with E-state index in [-0.39, 0.29) is 0 Å². The maximum Gasteiger partial charge on any atom is 0.236 e. The molecule has 3 saturated heterocycles. The Balaban J connectivity index is 1.38. The summed E-state index contributed by atoms with van der Waals surface area (Å²) >= 11 is 0. The van der Waals surface area contributed by atoms with Crippen molar-refractivity contribution < 1.29 is 4.79 Å². The number of nitrogens with zero attached hydrogens (tertiary/aromatic N) is 3. The third-order valence-corrected chi connectivity index (χ3v) is 5.55. The average Bonchev–Trinajstić information content (AvgIpc) is 2.32. The predicted molar refractivity (Wildman–Crippen MR) is 80.5 cm³/mol. The lowest BCUT2D eigenvalue weighted by Gasteiger charge is -2.59. The van der Waals surface area contributed by atoms with Crippen molar-refractivity contribution in [2.24, 2.45) is 17.3 Å². The van der Waals surface area contributed by atoms with Crippen LogP contribution in [-0.2, 0) is 4.79 Å². The number of carbonyl (C=O) groups is 1. The molecule has 3 aliphatic heterocycles. The molecule has 20 heavy (non-hydrogen) atoms. The summed E-state index contributed by atoms with van der Waals surface area (Å²) in [5.41, 5.74) is 0.467. The van der Waals surface area contributed by atoms with Crippen molar-refractivity contribution in [2.45, 2.75) is 26.7 Å². The van der Waals surface area contributed by atoms with Crippen LogP contribution >= 0.6 is 0 Å². The minimum absolute atomic E-state index is 0.355. The van der Waals surface area contributed by atoms with Crippen LogP contribution in [0.4, 0.5) is 0 Å². The Morgan fingerprint density at radius 1 is 1.15 bits per heavy atom. The summed E-state index contributed by atoms with van der Waals surface area (Å²) < 4.78 is 0. The van der Waals surface area contributed by atoms with Crippen molar-refractivity contribution >= 4 is 5.91 Å². The van der Waals surface area contributed by atoms with Crippen molar-refractivity contribution in [3.8, 4) is 0 Å². The maximum atomic E-state index is 12.3. The number of hydrogen-bond acceptors (Lipinski definition) is 3. The molecule has 3 aliphatic rings. The van der Waals surface area contributed by atoms with E-state index in [1.54, 1.807) is 0 Å². The molecule has 3 fully saturated rings. The zero-order valence-electron chi connectivity index (χ0n) is 13.3. The third-order valence-electron chi connectivity index (χ3n) is 5.55. The molecular formula is C16H29N3O.